The molecule has 8 heteroatoms. The van der Waals surface area contributed by atoms with Gasteiger partial charge in [0, 0.05) is 47.8 Å². The monoisotopic (exact) mass is 630 g/mol. The number of ketones is 1. The van der Waals surface area contributed by atoms with Crippen molar-refractivity contribution in [1.82, 2.24) is 8.87 Å². The standard InChI is InChI=1S/C25H32N2O3S.C2H6.HIS/c1-17-19(13-18-9-5-6-10-22(18)31-26-11-7-8-12-26)24-20(27(17)16-23(29)30-4)14-25(2,3)15-21(24)28;2*1-2/h5-6,9-10H,7-8,11-16H2,1-4H3;1-2H3;2H. The van der Waals surface area contributed by atoms with Gasteiger partial charge >= 0.3 is 5.97 Å². The van der Waals surface area contributed by atoms with Gasteiger partial charge in [0.2, 0.25) is 0 Å². The van der Waals surface area contributed by atoms with E-state index >= 15 is 0 Å². The number of Topliss-reactive ketones (excluding diaryl/α,β-unsaturated/α-hetero) is 1. The number of thiol groups is 1. The van der Waals surface area contributed by atoms with Crippen molar-refractivity contribution in [2.75, 3.05) is 20.2 Å². The Morgan fingerprint density at radius 1 is 1.14 bits per heavy atom. The van der Waals surface area contributed by atoms with E-state index in [-0.39, 0.29) is 23.7 Å². The molecule has 1 aliphatic carbocycles. The van der Waals surface area contributed by atoms with Gasteiger partial charge in [-0.25, -0.2) is 4.31 Å². The molecule has 2 aliphatic rings. The maximum absolute atomic E-state index is 13.3. The molecule has 35 heavy (non-hydrogen) atoms. The van der Waals surface area contributed by atoms with Crippen LogP contribution in [0.4, 0.5) is 0 Å². The number of esters is 1. The highest BCUT2D eigenvalue weighted by atomic mass is 127. The second-order valence-electron chi connectivity index (χ2n) is 9.50. The highest BCUT2D eigenvalue weighted by Crippen LogP contribution is 2.40. The summed E-state index contributed by atoms with van der Waals surface area (Å²) in [5.74, 6) is -0.0917. The zero-order valence-corrected chi connectivity index (χ0v) is 25.7. The number of hydrogen-bond acceptors (Lipinski definition) is 6. The molecule has 0 unspecified atom stereocenters. The van der Waals surface area contributed by atoms with E-state index in [9.17, 15) is 9.59 Å². The zero-order valence-electron chi connectivity index (χ0n) is 21.8. The van der Waals surface area contributed by atoms with Crippen molar-refractivity contribution < 1.29 is 14.3 Å². The van der Waals surface area contributed by atoms with E-state index in [1.807, 2.05) is 58.5 Å². The zero-order chi connectivity index (χ0) is 26.2. The maximum atomic E-state index is 13.3. The molecule has 1 aliphatic heterocycles. The number of nitrogens with zero attached hydrogens (tertiary/aromatic N) is 2. The van der Waals surface area contributed by atoms with Crippen LogP contribution < -0.4 is 0 Å². The van der Waals surface area contributed by atoms with E-state index < -0.39 is 0 Å². The fourth-order valence-electron chi connectivity index (χ4n) is 4.88. The van der Waals surface area contributed by atoms with Gasteiger partial charge in [0.15, 0.2) is 5.78 Å². The number of methoxy groups -OCH3 is 1. The Balaban J connectivity index is 0.00000103. The normalized spacial score (nSPS) is 16.5. The van der Waals surface area contributed by atoms with Crippen LogP contribution in [0.25, 0.3) is 0 Å². The molecule has 4 rings (SSSR count). The second-order valence-corrected chi connectivity index (χ2v) is 10.6. The Kier molecular flexibility index (Phi) is 12.2. The first-order valence-electron chi connectivity index (χ1n) is 12.3. The number of hydrogen-bond donors (Lipinski definition) is 1. The van der Waals surface area contributed by atoms with Crippen LogP contribution in [0.15, 0.2) is 29.2 Å². The predicted molar refractivity (Wildman–Crippen MR) is 158 cm³/mol. The van der Waals surface area contributed by atoms with E-state index in [0.717, 1.165) is 42.0 Å². The highest BCUT2D eigenvalue weighted by Gasteiger charge is 2.37. The van der Waals surface area contributed by atoms with E-state index in [4.69, 9.17) is 4.74 Å². The number of carbonyl (C=O) groups excluding carboxylic acids is 2. The summed E-state index contributed by atoms with van der Waals surface area (Å²) in [6.45, 7) is 12.7. The summed E-state index contributed by atoms with van der Waals surface area (Å²) in [4.78, 5) is 26.6. The molecule has 194 valence electrons. The summed E-state index contributed by atoms with van der Waals surface area (Å²) in [7, 11) is 4.91. The first kappa shape index (κ1) is 30.3. The van der Waals surface area contributed by atoms with Crippen LogP contribution in [0.5, 0.6) is 0 Å². The molecule has 0 atom stereocenters. The molecule has 0 amide bonds. The minimum atomic E-state index is -0.284. The van der Waals surface area contributed by atoms with Crippen molar-refractivity contribution in [3.05, 3.63) is 52.3 Å². The van der Waals surface area contributed by atoms with Crippen LogP contribution >= 0.6 is 43.0 Å². The number of rotatable bonds is 6. The van der Waals surface area contributed by atoms with Crippen LogP contribution in [0.1, 0.15) is 79.8 Å². The third-order valence-electron chi connectivity index (χ3n) is 6.47. The number of aromatic nitrogens is 1. The van der Waals surface area contributed by atoms with Crippen molar-refractivity contribution in [3.63, 3.8) is 0 Å². The van der Waals surface area contributed by atoms with E-state index in [0.29, 0.717) is 12.8 Å². The minimum absolute atomic E-state index is 0.108. The van der Waals surface area contributed by atoms with Crippen LogP contribution in [0.2, 0.25) is 0 Å². The SMILES string of the molecule is CC.COC(=O)Cn1c(C)c(Cc2ccccc2SN2CCCC2)c2c1CC(C)(C)CC2=O.SI. The van der Waals surface area contributed by atoms with Gasteiger partial charge in [0.1, 0.15) is 6.54 Å². The smallest absolute Gasteiger partial charge is 0.325 e. The molecule has 1 fully saturated rings. The van der Waals surface area contributed by atoms with Gasteiger partial charge < -0.3 is 9.30 Å². The molecule has 5 nitrogen and oxygen atoms in total. The number of fused-ring (bicyclic) bond motifs is 1. The average Bonchev–Trinajstić information content (AvgIpc) is 3.44. The topological polar surface area (TPSA) is 51.5 Å². The molecular formula is C27H39IN2O3S2. The lowest BCUT2D eigenvalue weighted by Gasteiger charge is -2.30. The molecule has 0 spiro atoms. The Labute approximate surface area is 232 Å². The van der Waals surface area contributed by atoms with Crippen molar-refractivity contribution in [3.8, 4) is 0 Å². The number of benzene rings is 1. The van der Waals surface area contributed by atoms with Gasteiger partial charge in [-0.15, -0.1) is 9.80 Å². The van der Waals surface area contributed by atoms with Crippen LogP contribution in [-0.2, 0) is 28.9 Å². The Morgan fingerprint density at radius 2 is 1.77 bits per heavy atom. The number of ether oxygens (including phenoxy) is 1. The van der Waals surface area contributed by atoms with E-state index in [2.05, 4.69) is 52.2 Å². The maximum Gasteiger partial charge on any atom is 0.325 e. The molecule has 1 aromatic heterocycles. The average molecular weight is 631 g/mol. The molecule has 0 saturated carbocycles. The van der Waals surface area contributed by atoms with Crippen LogP contribution in [-0.4, -0.2) is 40.8 Å². The van der Waals surface area contributed by atoms with Crippen molar-refractivity contribution in [2.24, 2.45) is 5.41 Å². The molecule has 0 N–H and O–H groups in total. The molecular weight excluding hydrogens is 591 g/mol. The number of carbonyl (C=O) groups is 2. The minimum Gasteiger partial charge on any atom is -0.468 e. The lowest BCUT2D eigenvalue weighted by molar-refractivity contribution is -0.141. The Bertz CT molecular complexity index is 1010. The molecule has 1 aromatic carbocycles. The largest absolute Gasteiger partial charge is 0.468 e. The van der Waals surface area contributed by atoms with Gasteiger partial charge in [-0.3, -0.25) is 9.59 Å². The van der Waals surface area contributed by atoms with Gasteiger partial charge in [0.05, 0.1) is 7.11 Å². The van der Waals surface area contributed by atoms with Crippen LogP contribution in [0.3, 0.4) is 0 Å². The lowest BCUT2D eigenvalue weighted by atomic mass is 9.75. The van der Waals surface area contributed by atoms with Crippen molar-refractivity contribution in [1.29, 1.82) is 0 Å². The first-order chi connectivity index (χ1) is 16.8. The third-order valence-corrected chi connectivity index (χ3v) is 7.69. The third kappa shape index (κ3) is 7.52. The van der Waals surface area contributed by atoms with Gasteiger partial charge in [0.25, 0.3) is 0 Å². The Hall–Kier alpha value is -0.970. The van der Waals surface area contributed by atoms with Gasteiger partial charge in [-0.1, -0.05) is 45.9 Å². The van der Waals surface area contributed by atoms with E-state index in [1.165, 1.54) is 30.4 Å². The summed E-state index contributed by atoms with van der Waals surface area (Å²) in [5, 5.41) is 0. The molecule has 2 heterocycles. The summed E-state index contributed by atoms with van der Waals surface area (Å²) in [6.07, 6.45) is 4.53. The number of halogens is 1. The highest BCUT2D eigenvalue weighted by molar-refractivity contribution is 14.2. The summed E-state index contributed by atoms with van der Waals surface area (Å²) < 4.78 is 9.39. The summed E-state index contributed by atoms with van der Waals surface area (Å²) in [6, 6.07) is 8.50. The second kappa shape index (κ2) is 14.1. The van der Waals surface area contributed by atoms with Gasteiger partial charge in [-0.2, -0.15) is 0 Å². The van der Waals surface area contributed by atoms with Gasteiger partial charge in [-0.05, 0) is 81.9 Å². The van der Waals surface area contributed by atoms with Crippen LogP contribution in [0, 0.1) is 12.3 Å². The fourth-order valence-corrected chi connectivity index (χ4v) is 5.99. The Morgan fingerprint density at radius 3 is 2.40 bits per heavy atom. The summed E-state index contributed by atoms with van der Waals surface area (Å²) >= 11 is 3.67. The molecule has 0 radical (unpaired) electrons. The molecule has 2 aromatic rings. The summed E-state index contributed by atoms with van der Waals surface area (Å²) in [5.41, 5.74) is 5.02. The van der Waals surface area contributed by atoms with Crippen molar-refractivity contribution >= 4 is 54.7 Å². The predicted octanol–water partition coefficient (Wildman–Crippen LogP) is 7.11. The quantitative estimate of drug-likeness (QED) is 0.160. The molecule has 0 bridgehead atoms. The first-order valence-corrected chi connectivity index (χ1v) is 16.3. The van der Waals surface area contributed by atoms with Crippen molar-refractivity contribution in [2.45, 2.75) is 78.2 Å². The molecule has 1 saturated heterocycles. The lowest BCUT2D eigenvalue weighted by Crippen LogP contribution is -2.29. The van der Waals surface area contributed by atoms with E-state index in [1.54, 1.807) is 0 Å². The fraction of sp³-hybridized carbons (Fsp3) is 0.556.